The van der Waals surface area contributed by atoms with E-state index in [0.717, 1.165) is 12.0 Å². The number of likely N-dealkylation sites (tertiary alicyclic amines) is 1. The molecule has 0 aromatic rings. The van der Waals surface area contributed by atoms with Crippen LogP contribution in [0.1, 0.15) is 46.5 Å². The van der Waals surface area contributed by atoms with Crippen LogP contribution in [0.15, 0.2) is 0 Å². The number of nitrogens with one attached hydrogen (secondary N) is 1. The van der Waals surface area contributed by atoms with Crippen molar-refractivity contribution in [3.8, 4) is 0 Å². The lowest BCUT2D eigenvalue weighted by molar-refractivity contribution is 0.124. The summed E-state index contributed by atoms with van der Waals surface area (Å²) in [7, 11) is 0. The predicted molar refractivity (Wildman–Crippen MR) is 69.6 cm³/mol. The van der Waals surface area contributed by atoms with Crippen LogP contribution in [0.5, 0.6) is 0 Å². The second-order valence-electron chi connectivity index (χ2n) is 6.80. The minimum atomic E-state index is 0.430. The number of piperidine rings is 1. The van der Waals surface area contributed by atoms with Gasteiger partial charge in [0.1, 0.15) is 0 Å². The fraction of sp³-hybridized carbons (Fsp3) is 1.00. The van der Waals surface area contributed by atoms with E-state index in [1.165, 1.54) is 51.9 Å². The Kier molecular flexibility index (Phi) is 3.91. The number of hydrogen-bond donors (Lipinski definition) is 1. The van der Waals surface area contributed by atoms with E-state index in [9.17, 15) is 0 Å². The van der Waals surface area contributed by atoms with Gasteiger partial charge in [0.2, 0.25) is 0 Å². The van der Waals surface area contributed by atoms with E-state index >= 15 is 0 Å². The lowest BCUT2D eigenvalue weighted by atomic mass is 9.90. The van der Waals surface area contributed by atoms with Gasteiger partial charge in [0.05, 0.1) is 0 Å². The largest absolute Gasteiger partial charge is 0.313 e. The van der Waals surface area contributed by atoms with Gasteiger partial charge in [-0.3, -0.25) is 0 Å². The highest BCUT2D eigenvalue weighted by atomic mass is 15.1. The summed E-state index contributed by atoms with van der Waals surface area (Å²) in [6.07, 6.45) is 5.62. The third-order valence-corrected chi connectivity index (χ3v) is 3.84. The number of nitrogens with zero attached hydrogens (tertiary/aromatic N) is 1. The molecule has 2 aliphatic rings. The van der Waals surface area contributed by atoms with Gasteiger partial charge in [-0.1, -0.05) is 20.8 Å². The quantitative estimate of drug-likeness (QED) is 0.772. The van der Waals surface area contributed by atoms with Crippen molar-refractivity contribution in [2.75, 3.05) is 26.2 Å². The Bertz CT molecular complexity index is 221. The van der Waals surface area contributed by atoms with E-state index in [2.05, 4.69) is 31.0 Å². The van der Waals surface area contributed by atoms with Crippen molar-refractivity contribution in [3.63, 3.8) is 0 Å². The third-order valence-electron chi connectivity index (χ3n) is 3.84. The van der Waals surface area contributed by atoms with Crippen molar-refractivity contribution in [2.45, 2.75) is 52.5 Å². The minimum absolute atomic E-state index is 0.430. The number of rotatable bonds is 5. The molecule has 1 saturated carbocycles. The summed E-state index contributed by atoms with van der Waals surface area (Å²) in [5, 5.41) is 3.67. The normalized spacial score (nSPS) is 28.3. The summed E-state index contributed by atoms with van der Waals surface area (Å²) in [5.74, 6) is 0.904. The third kappa shape index (κ3) is 4.06. The van der Waals surface area contributed by atoms with Gasteiger partial charge in [0.25, 0.3) is 0 Å². The molecular formula is C14H28N2. The molecule has 1 atom stereocenters. The molecule has 1 saturated heterocycles. The molecule has 2 rings (SSSR count). The van der Waals surface area contributed by atoms with Crippen molar-refractivity contribution >= 4 is 0 Å². The Morgan fingerprint density at radius 3 is 2.62 bits per heavy atom. The average molecular weight is 224 g/mol. The van der Waals surface area contributed by atoms with Crippen LogP contribution in [0, 0.1) is 11.3 Å². The fourth-order valence-electron chi connectivity index (χ4n) is 2.80. The molecule has 94 valence electrons. The van der Waals surface area contributed by atoms with Gasteiger partial charge in [0, 0.05) is 25.7 Å². The van der Waals surface area contributed by atoms with E-state index in [-0.39, 0.29) is 0 Å². The molecule has 2 fully saturated rings. The summed E-state index contributed by atoms with van der Waals surface area (Å²) in [5.41, 5.74) is 0.430. The lowest BCUT2D eigenvalue weighted by Crippen LogP contribution is -2.44. The Morgan fingerprint density at radius 2 is 2.00 bits per heavy atom. The summed E-state index contributed by atoms with van der Waals surface area (Å²) in [6, 6.07) is 0.847. The smallest absolute Gasteiger partial charge is 0.00684 e. The summed E-state index contributed by atoms with van der Waals surface area (Å²) in [4.78, 5) is 2.67. The molecule has 1 N–H and O–H groups in total. The number of hydrogen-bond acceptors (Lipinski definition) is 2. The first kappa shape index (κ1) is 12.4. The molecule has 2 nitrogen and oxygen atoms in total. The van der Waals surface area contributed by atoms with Gasteiger partial charge in [-0.15, -0.1) is 0 Å². The van der Waals surface area contributed by atoms with Crippen LogP contribution in [0.25, 0.3) is 0 Å². The zero-order valence-electron chi connectivity index (χ0n) is 11.3. The molecule has 1 aliphatic carbocycles. The molecule has 0 aromatic carbocycles. The zero-order chi connectivity index (χ0) is 11.6. The topological polar surface area (TPSA) is 15.3 Å². The van der Waals surface area contributed by atoms with Crippen molar-refractivity contribution in [2.24, 2.45) is 11.3 Å². The van der Waals surface area contributed by atoms with Gasteiger partial charge in [-0.25, -0.2) is 0 Å². The van der Waals surface area contributed by atoms with Crippen LogP contribution in [0.3, 0.4) is 0 Å². The molecule has 0 radical (unpaired) electrons. The summed E-state index contributed by atoms with van der Waals surface area (Å²) >= 11 is 0. The van der Waals surface area contributed by atoms with Gasteiger partial charge in [-0.05, 0) is 43.6 Å². The molecule has 1 aliphatic heterocycles. The minimum Gasteiger partial charge on any atom is -0.313 e. The van der Waals surface area contributed by atoms with E-state index in [0.29, 0.717) is 5.41 Å². The first-order valence-electron chi connectivity index (χ1n) is 7.01. The second kappa shape index (κ2) is 5.05. The molecule has 0 amide bonds. The van der Waals surface area contributed by atoms with Gasteiger partial charge >= 0.3 is 0 Å². The molecular weight excluding hydrogens is 196 g/mol. The molecule has 0 spiro atoms. The van der Waals surface area contributed by atoms with Crippen molar-refractivity contribution < 1.29 is 0 Å². The Hall–Kier alpha value is -0.0800. The van der Waals surface area contributed by atoms with E-state index in [1.54, 1.807) is 0 Å². The molecule has 2 heteroatoms. The first-order valence-corrected chi connectivity index (χ1v) is 7.01. The van der Waals surface area contributed by atoms with Gasteiger partial charge in [0.15, 0.2) is 0 Å². The van der Waals surface area contributed by atoms with E-state index in [1.807, 2.05) is 0 Å². The summed E-state index contributed by atoms with van der Waals surface area (Å²) < 4.78 is 0. The molecule has 1 unspecified atom stereocenters. The van der Waals surface area contributed by atoms with Gasteiger partial charge < -0.3 is 10.2 Å². The second-order valence-corrected chi connectivity index (χ2v) is 6.80. The van der Waals surface area contributed by atoms with Crippen LogP contribution in [0.2, 0.25) is 0 Å². The summed E-state index contributed by atoms with van der Waals surface area (Å²) in [6.45, 7) is 12.3. The maximum atomic E-state index is 3.67. The highest BCUT2D eigenvalue weighted by molar-refractivity contribution is 4.86. The Morgan fingerprint density at radius 1 is 1.25 bits per heavy atom. The average Bonchev–Trinajstić information content (AvgIpc) is 2.97. The highest BCUT2D eigenvalue weighted by Crippen LogP contribution is 2.24. The monoisotopic (exact) mass is 224 g/mol. The van der Waals surface area contributed by atoms with Crippen LogP contribution in [-0.2, 0) is 0 Å². The van der Waals surface area contributed by atoms with Crippen LogP contribution in [0.4, 0.5) is 0 Å². The van der Waals surface area contributed by atoms with Gasteiger partial charge in [-0.2, -0.15) is 0 Å². The predicted octanol–water partition coefficient (Wildman–Crippen LogP) is 2.50. The molecule has 0 aromatic heterocycles. The molecule has 0 bridgehead atoms. The van der Waals surface area contributed by atoms with Crippen LogP contribution in [-0.4, -0.2) is 37.1 Å². The fourth-order valence-corrected chi connectivity index (χ4v) is 2.80. The zero-order valence-corrected chi connectivity index (χ0v) is 11.3. The highest BCUT2D eigenvalue weighted by Gasteiger charge is 2.28. The Labute approximate surface area is 101 Å². The van der Waals surface area contributed by atoms with Crippen LogP contribution < -0.4 is 5.32 Å². The SMILES string of the molecule is CC1CCCN(CC(C)(C)CNC2CC2)C1. The molecule has 1 heterocycles. The lowest BCUT2D eigenvalue weighted by Gasteiger charge is -2.37. The van der Waals surface area contributed by atoms with E-state index < -0.39 is 0 Å². The van der Waals surface area contributed by atoms with Crippen molar-refractivity contribution in [3.05, 3.63) is 0 Å². The maximum absolute atomic E-state index is 3.67. The van der Waals surface area contributed by atoms with Crippen molar-refractivity contribution in [1.29, 1.82) is 0 Å². The first-order chi connectivity index (χ1) is 7.55. The van der Waals surface area contributed by atoms with E-state index in [4.69, 9.17) is 0 Å². The molecule has 16 heavy (non-hydrogen) atoms. The van der Waals surface area contributed by atoms with Crippen molar-refractivity contribution in [1.82, 2.24) is 10.2 Å². The maximum Gasteiger partial charge on any atom is 0.00684 e. The standard InChI is InChI=1S/C14H28N2/c1-12-5-4-8-16(9-12)11-14(2,3)10-15-13-6-7-13/h12-13,15H,4-11H2,1-3H3. The Balaban J connectivity index is 1.72. The van der Waals surface area contributed by atoms with Crippen LogP contribution >= 0.6 is 0 Å².